The second-order valence-electron chi connectivity index (χ2n) is 4.05. The second-order valence-corrected chi connectivity index (χ2v) is 4.05. The lowest BCUT2D eigenvalue weighted by molar-refractivity contribution is 0.227. The van der Waals surface area contributed by atoms with E-state index in [2.05, 4.69) is 5.16 Å². The SMILES string of the molecule is Cc1cc(C2(N)CCCCC2)on1. The van der Waals surface area contributed by atoms with Gasteiger partial charge in [0.15, 0.2) is 5.76 Å². The highest BCUT2D eigenvalue weighted by atomic mass is 16.5. The van der Waals surface area contributed by atoms with Crippen molar-refractivity contribution in [3.8, 4) is 0 Å². The predicted octanol–water partition coefficient (Wildman–Crippen LogP) is 2.10. The third-order valence-corrected chi connectivity index (χ3v) is 2.86. The summed E-state index contributed by atoms with van der Waals surface area (Å²) in [7, 11) is 0. The van der Waals surface area contributed by atoms with Gasteiger partial charge < -0.3 is 10.3 Å². The number of aryl methyl sites for hydroxylation is 1. The van der Waals surface area contributed by atoms with E-state index in [1.54, 1.807) is 0 Å². The van der Waals surface area contributed by atoms with Crippen molar-refractivity contribution in [1.82, 2.24) is 5.16 Å². The maximum Gasteiger partial charge on any atom is 0.156 e. The zero-order chi connectivity index (χ0) is 9.31. The summed E-state index contributed by atoms with van der Waals surface area (Å²) < 4.78 is 5.23. The van der Waals surface area contributed by atoms with E-state index in [4.69, 9.17) is 10.3 Å². The monoisotopic (exact) mass is 180 g/mol. The average molecular weight is 180 g/mol. The van der Waals surface area contributed by atoms with Crippen LogP contribution in [0.2, 0.25) is 0 Å². The van der Waals surface area contributed by atoms with Crippen LogP contribution >= 0.6 is 0 Å². The minimum Gasteiger partial charge on any atom is -0.359 e. The topological polar surface area (TPSA) is 52.0 Å². The lowest BCUT2D eigenvalue weighted by Gasteiger charge is -2.30. The fourth-order valence-electron chi connectivity index (χ4n) is 2.03. The average Bonchev–Trinajstić information content (AvgIpc) is 2.54. The standard InChI is InChI=1S/C10H16N2O/c1-8-7-9(13-12-8)10(11)5-3-2-4-6-10/h7H,2-6,11H2,1H3. The Morgan fingerprint density at radius 1 is 1.38 bits per heavy atom. The van der Waals surface area contributed by atoms with Crippen LogP contribution in [0.3, 0.4) is 0 Å². The van der Waals surface area contributed by atoms with Crippen LogP contribution in [0.1, 0.15) is 43.6 Å². The van der Waals surface area contributed by atoms with Crippen molar-refractivity contribution in [2.24, 2.45) is 5.73 Å². The molecule has 1 saturated carbocycles. The first-order chi connectivity index (χ1) is 6.21. The summed E-state index contributed by atoms with van der Waals surface area (Å²) in [6.45, 7) is 1.93. The van der Waals surface area contributed by atoms with E-state index < -0.39 is 0 Å². The molecule has 72 valence electrons. The molecule has 2 N–H and O–H groups in total. The van der Waals surface area contributed by atoms with Crippen LogP contribution in [0, 0.1) is 6.92 Å². The van der Waals surface area contributed by atoms with Crippen molar-refractivity contribution in [3.63, 3.8) is 0 Å². The van der Waals surface area contributed by atoms with Crippen molar-refractivity contribution in [1.29, 1.82) is 0 Å². The van der Waals surface area contributed by atoms with Crippen molar-refractivity contribution in [3.05, 3.63) is 17.5 Å². The van der Waals surface area contributed by atoms with Crippen molar-refractivity contribution < 1.29 is 4.52 Å². The Labute approximate surface area is 78.3 Å². The van der Waals surface area contributed by atoms with Crippen LogP contribution in [0.5, 0.6) is 0 Å². The smallest absolute Gasteiger partial charge is 0.156 e. The molecular weight excluding hydrogens is 164 g/mol. The lowest BCUT2D eigenvalue weighted by Crippen LogP contribution is -2.38. The Balaban J connectivity index is 2.22. The van der Waals surface area contributed by atoms with Gasteiger partial charge in [0, 0.05) is 6.07 Å². The Hall–Kier alpha value is -0.830. The van der Waals surface area contributed by atoms with Gasteiger partial charge in [0.25, 0.3) is 0 Å². The van der Waals surface area contributed by atoms with E-state index in [-0.39, 0.29) is 5.54 Å². The van der Waals surface area contributed by atoms with Crippen molar-refractivity contribution in [2.75, 3.05) is 0 Å². The van der Waals surface area contributed by atoms with Crippen LogP contribution in [-0.2, 0) is 5.54 Å². The number of aromatic nitrogens is 1. The summed E-state index contributed by atoms with van der Waals surface area (Å²) in [5.74, 6) is 0.865. The van der Waals surface area contributed by atoms with Crippen LogP contribution in [0.25, 0.3) is 0 Å². The molecule has 2 rings (SSSR count). The van der Waals surface area contributed by atoms with E-state index in [1.807, 2.05) is 13.0 Å². The van der Waals surface area contributed by atoms with Gasteiger partial charge in [0.05, 0.1) is 11.2 Å². The van der Waals surface area contributed by atoms with Gasteiger partial charge in [-0.25, -0.2) is 0 Å². The molecule has 1 fully saturated rings. The zero-order valence-electron chi connectivity index (χ0n) is 8.05. The molecule has 0 amide bonds. The van der Waals surface area contributed by atoms with Gasteiger partial charge in [-0.15, -0.1) is 0 Å². The fourth-order valence-corrected chi connectivity index (χ4v) is 2.03. The molecule has 1 aromatic rings. The highest BCUT2D eigenvalue weighted by Gasteiger charge is 2.32. The maximum atomic E-state index is 6.26. The number of nitrogens with two attached hydrogens (primary N) is 1. The molecule has 13 heavy (non-hydrogen) atoms. The first-order valence-corrected chi connectivity index (χ1v) is 4.93. The molecule has 0 aromatic carbocycles. The van der Waals surface area contributed by atoms with E-state index >= 15 is 0 Å². The molecule has 0 saturated heterocycles. The number of nitrogens with zero attached hydrogens (tertiary/aromatic N) is 1. The summed E-state index contributed by atoms with van der Waals surface area (Å²) in [4.78, 5) is 0. The van der Waals surface area contributed by atoms with Gasteiger partial charge in [0.1, 0.15) is 0 Å². The van der Waals surface area contributed by atoms with Gasteiger partial charge in [-0.05, 0) is 19.8 Å². The molecule has 3 heteroatoms. The summed E-state index contributed by atoms with van der Waals surface area (Å²) >= 11 is 0. The Bertz CT molecular complexity index is 287. The number of hydrogen-bond donors (Lipinski definition) is 1. The largest absolute Gasteiger partial charge is 0.359 e. The maximum absolute atomic E-state index is 6.26. The Kier molecular flexibility index (Phi) is 2.12. The normalized spacial score (nSPS) is 21.7. The van der Waals surface area contributed by atoms with Crippen LogP contribution in [0.4, 0.5) is 0 Å². The second kappa shape index (κ2) is 3.14. The Morgan fingerprint density at radius 2 is 2.08 bits per heavy atom. The first-order valence-electron chi connectivity index (χ1n) is 4.93. The van der Waals surface area contributed by atoms with E-state index in [1.165, 1.54) is 19.3 Å². The number of hydrogen-bond acceptors (Lipinski definition) is 3. The van der Waals surface area contributed by atoms with Gasteiger partial charge in [0.2, 0.25) is 0 Å². The molecule has 0 atom stereocenters. The van der Waals surface area contributed by atoms with Gasteiger partial charge in [-0.1, -0.05) is 24.4 Å². The highest BCUT2D eigenvalue weighted by molar-refractivity contribution is 5.14. The predicted molar refractivity (Wildman–Crippen MR) is 50.2 cm³/mol. The summed E-state index contributed by atoms with van der Waals surface area (Å²) in [5, 5.41) is 3.88. The molecular formula is C10H16N2O. The summed E-state index contributed by atoms with van der Waals surface area (Å²) in [6.07, 6.45) is 5.77. The molecule has 0 spiro atoms. The van der Waals surface area contributed by atoms with E-state index in [0.29, 0.717) is 0 Å². The van der Waals surface area contributed by atoms with Crippen molar-refractivity contribution in [2.45, 2.75) is 44.6 Å². The van der Waals surface area contributed by atoms with Gasteiger partial charge >= 0.3 is 0 Å². The lowest BCUT2D eigenvalue weighted by atomic mass is 9.81. The molecule has 1 aliphatic rings. The molecule has 0 unspecified atom stereocenters. The fraction of sp³-hybridized carbons (Fsp3) is 0.700. The van der Waals surface area contributed by atoms with Crippen LogP contribution in [0.15, 0.2) is 10.6 Å². The summed E-state index contributed by atoms with van der Waals surface area (Å²) in [6, 6.07) is 1.96. The third-order valence-electron chi connectivity index (χ3n) is 2.86. The quantitative estimate of drug-likeness (QED) is 0.720. The molecule has 1 aliphatic carbocycles. The molecule has 3 nitrogen and oxygen atoms in total. The molecule has 0 radical (unpaired) electrons. The molecule has 0 bridgehead atoms. The van der Waals surface area contributed by atoms with E-state index in [0.717, 1.165) is 24.3 Å². The van der Waals surface area contributed by atoms with Gasteiger partial charge in [-0.2, -0.15) is 0 Å². The highest BCUT2D eigenvalue weighted by Crippen LogP contribution is 2.34. The van der Waals surface area contributed by atoms with Crippen LogP contribution in [-0.4, -0.2) is 5.16 Å². The molecule has 1 aromatic heterocycles. The number of rotatable bonds is 1. The molecule has 1 heterocycles. The molecule has 0 aliphatic heterocycles. The zero-order valence-corrected chi connectivity index (χ0v) is 8.05. The van der Waals surface area contributed by atoms with Crippen molar-refractivity contribution >= 4 is 0 Å². The first kappa shape index (κ1) is 8.75. The third kappa shape index (κ3) is 1.61. The minimum absolute atomic E-state index is 0.237. The van der Waals surface area contributed by atoms with Crippen LogP contribution < -0.4 is 5.73 Å². The minimum atomic E-state index is -0.237. The Morgan fingerprint density at radius 3 is 2.62 bits per heavy atom. The van der Waals surface area contributed by atoms with E-state index in [9.17, 15) is 0 Å². The van der Waals surface area contributed by atoms with Gasteiger partial charge in [-0.3, -0.25) is 0 Å². The summed E-state index contributed by atoms with van der Waals surface area (Å²) in [5.41, 5.74) is 6.95.